The minimum absolute atomic E-state index is 0. The lowest BCUT2D eigenvalue weighted by Gasteiger charge is -2.23. The lowest BCUT2D eigenvalue weighted by atomic mass is 9.90. The summed E-state index contributed by atoms with van der Waals surface area (Å²) in [5, 5.41) is 0. The second-order valence-corrected chi connectivity index (χ2v) is 7.04. The largest absolute Gasteiger partial charge is 0.493 e. The van der Waals surface area contributed by atoms with Crippen molar-refractivity contribution in [3.8, 4) is 11.5 Å². The molecule has 23 heavy (non-hydrogen) atoms. The molecule has 1 aromatic rings. The van der Waals surface area contributed by atoms with Gasteiger partial charge >= 0.3 is 0 Å². The average Bonchev–Trinajstić information content (AvgIpc) is 2.87. The SMILES string of the molecule is C=CCOc1c(Br)cc(CN2CCC(C)(CN)C2)cc1OC.Cl. The minimum Gasteiger partial charge on any atom is -0.493 e. The molecule has 1 atom stereocenters. The molecule has 0 aliphatic carbocycles. The molecule has 1 unspecified atom stereocenters. The zero-order valence-electron chi connectivity index (χ0n) is 13.8. The monoisotopic (exact) mass is 404 g/mol. The highest BCUT2D eigenvalue weighted by atomic mass is 79.9. The molecule has 0 spiro atoms. The number of nitrogens with two attached hydrogens (primary N) is 1. The molecule has 2 N–H and O–H groups in total. The van der Waals surface area contributed by atoms with Crippen LogP contribution in [0.25, 0.3) is 0 Å². The van der Waals surface area contributed by atoms with Crippen LogP contribution >= 0.6 is 28.3 Å². The van der Waals surface area contributed by atoms with Gasteiger partial charge in [0.1, 0.15) is 6.61 Å². The van der Waals surface area contributed by atoms with Crippen LogP contribution in [0.15, 0.2) is 29.3 Å². The van der Waals surface area contributed by atoms with E-state index >= 15 is 0 Å². The van der Waals surface area contributed by atoms with E-state index in [2.05, 4.69) is 40.4 Å². The highest BCUT2D eigenvalue weighted by molar-refractivity contribution is 9.10. The Morgan fingerprint density at radius 1 is 1.48 bits per heavy atom. The highest BCUT2D eigenvalue weighted by Crippen LogP contribution is 2.38. The minimum atomic E-state index is 0. The molecule has 4 nitrogen and oxygen atoms in total. The van der Waals surface area contributed by atoms with Crippen LogP contribution in [-0.4, -0.2) is 38.3 Å². The number of ether oxygens (including phenoxy) is 2. The Hall–Kier alpha value is -0.750. The zero-order chi connectivity index (χ0) is 16.2. The summed E-state index contributed by atoms with van der Waals surface area (Å²) in [4.78, 5) is 2.44. The van der Waals surface area contributed by atoms with E-state index in [0.29, 0.717) is 6.61 Å². The Bertz CT molecular complexity index is 542. The van der Waals surface area contributed by atoms with Crippen LogP contribution in [0.4, 0.5) is 0 Å². The number of hydrogen-bond donors (Lipinski definition) is 1. The molecular weight excluding hydrogens is 380 g/mol. The fourth-order valence-electron chi connectivity index (χ4n) is 2.83. The summed E-state index contributed by atoms with van der Waals surface area (Å²) < 4.78 is 12.0. The third kappa shape index (κ3) is 5.11. The molecule has 6 heteroatoms. The van der Waals surface area contributed by atoms with Gasteiger partial charge in [-0.3, -0.25) is 4.90 Å². The van der Waals surface area contributed by atoms with E-state index in [1.54, 1.807) is 13.2 Å². The zero-order valence-corrected chi connectivity index (χ0v) is 16.2. The Labute approximate surface area is 153 Å². The molecule has 1 aliphatic heterocycles. The first-order valence-corrected chi connectivity index (χ1v) is 8.33. The second kappa shape index (κ2) is 8.92. The summed E-state index contributed by atoms with van der Waals surface area (Å²) in [6.07, 6.45) is 2.88. The molecule has 0 amide bonds. The molecule has 1 heterocycles. The van der Waals surface area contributed by atoms with Crippen LogP contribution < -0.4 is 15.2 Å². The molecule has 1 saturated heterocycles. The van der Waals surface area contributed by atoms with Gasteiger partial charge in [-0.2, -0.15) is 0 Å². The van der Waals surface area contributed by atoms with Gasteiger partial charge in [0, 0.05) is 13.1 Å². The molecule has 130 valence electrons. The second-order valence-electron chi connectivity index (χ2n) is 6.18. The Kier molecular flexibility index (Phi) is 7.87. The summed E-state index contributed by atoms with van der Waals surface area (Å²) in [5.41, 5.74) is 7.33. The van der Waals surface area contributed by atoms with Crippen molar-refractivity contribution < 1.29 is 9.47 Å². The van der Waals surface area contributed by atoms with Gasteiger partial charge in [-0.15, -0.1) is 12.4 Å². The van der Waals surface area contributed by atoms with Crippen LogP contribution in [0, 0.1) is 5.41 Å². The van der Waals surface area contributed by atoms with Crippen LogP contribution in [0.5, 0.6) is 11.5 Å². The number of hydrogen-bond acceptors (Lipinski definition) is 4. The maximum atomic E-state index is 5.88. The summed E-state index contributed by atoms with van der Waals surface area (Å²) >= 11 is 3.58. The van der Waals surface area contributed by atoms with Gasteiger partial charge in [0.05, 0.1) is 11.6 Å². The molecule has 1 aliphatic rings. The van der Waals surface area contributed by atoms with Crippen molar-refractivity contribution in [1.29, 1.82) is 0 Å². The number of likely N-dealkylation sites (tertiary alicyclic amines) is 1. The van der Waals surface area contributed by atoms with Crippen molar-refractivity contribution in [3.05, 3.63) is 34.8 Å². The van der Waals surface area contributed by atoms with Crippen LogP contribution in [0.1, 0.15) is 18.9 Å². The topological polar surface area (TPSA) is 47.7 Å². The van der Waals surface area contributed by atoms with Crippen molar-refractivity contribution in [2.24, 2.45) is 11.1 Å². The third-order valence-corrected chi connectivity index (χ3v) is 4.76. The van der Waals surface area contributed by atoms with Crippen molar-refractivity contribution >= 4 is 28.3 Å². The van der Waals surface area contributed by atoms with Gasteiger partial charge in [0.25, 0.3) is 0 Å². The lowest BCUT2D eigenvalue weighted by molar-refractivity contribution is 0.273. The quantitative estimate of drug-likeness (QED) is 0.704. The molecule has 0 bridgehead atoms. The van der Waals surface area contributed by atoms with Gasteiger partial charge in [-0.25, -0.2) is 0 Å². The number of halogens is 2. The molecule has 0 radical (unpaired) electrons. The van der Waals surface area contributed by atoms with E-state index in [9.17, 15) is 0 Å². The summed E-state index contributed by atoms with van der Waals surface area (Å²) in [7, 11) is 1.66. The molecule has 0 aromatic heterocycles. The maximum Gasteiger partial charge on any atom is 0.175 e. The first-order chi connectivity index (χ1) is 10.5. The van der Waals surface area contributed by atoms with E-state index in [4.69, 9.17) is 15.2 Å². The number of nitrogens with zero attached hydrogens (tertiary/aromatic N) is 1. The van der Waals surface area contributed by atoms with Gasteiger partial charge < -0.3 is 15.2 Å². The number of rotatable bonds is 7. The third-order valence-electron chi connectivity index (χ3n) is 4.17. The van der Waals surface area contributed by atoms with E-state index < -0.39 is 0 Å². The summed E-state index contributed by atoms with van der Waals surface area (Å²) in [5.74, 6) is 1.46. The molecule has 2 rings (SSSR count). The van der Waals surface area contributed by atoms with Crippen LogP contribution in [0.3, 0.4) is 0 Å². The smallest absolute Gasteiger partial charge is 0.175 e. The van der Waals surface area contributed by atoms with Gasteiger partial charge in [0.2, 0.25) is 0 Å². The summed E-state index contributed by atoms with van der Waals surface area (Å²) in [6.45, 7) is 10.1. The van der Waals surface area contributed by atoms with E-state index in [1.807, 2.05) is 6.07 Å². The van der Waals surface area contributed by atoms with Crippen LogP contribution in [0.2, 0.25) is 0 Å². The Morgan fingerprint density at radius 3 is 2.78 bits per heavy atom. The standard InChI is InChI=1S/C17H25BrN2O2.ClH/c1-4-7-22-16-14(18)8-13(9-15(16)21-3)10-20-6-5-17(2,11-19)12-20;/h4,8-9H,1,5-7,10-12,19H2,2-3H3;1H. The van der Waals surface area contributed by atoms with Gasteiger partial charge in [-0.05, 0) is 58.6 Å². The predicted molar refractivity (Wildman–Crippen MR) is 101 cm³/mol. The molecule has 1 fully saturated rings. The van der Waals surface area contributed by atoms with Crippen molar-refractivity contribution in [2.45, 2.75) is 19.9 Å². The van der Waals surface area contributed by atoms with E-state index in [-0.39, 0.29) is 17.8 Å². The molecular formula is C17H26BrClN2O2. The van der Waals surface area contributed by atoms with Crippen molar-refractivity contribution in [2.75, 3.05) is 33.4 Å². The fraction of sp³-hybridized carbons (Fsp3) is 0.529. The van der Waals surface area contributed by atoms with Crippen molar-refractivity contribution in [3.63, 3.8) is 0 Å². The number of methoxy groups -OCH3 is 1. The maximum absolute atomic E-state index is 5.88. The van der Waals surface area contributed by atoms with Crippen LogP contribution in [-0.2, 0) is 6.54 Å². The molecule has 0 saturated carbocycles. The first kappa shape index (κ1) is 20.3. The predicted octanol–water partition coefficient (Wildman–Crippen LogP) is 3.62. The first-order valence-electron chi connectivity index (χ1n) is 7.54. The van der Waals surface area contributed by atoms with E-state index in [0.717, 1.165) is 48.6 Å². The lowest BCUT2D eigenvalue weighted by Crippen LogP contribution is -2.31. The summed E-state index contributed by atoms with van der Waals surface area (Å²) in [6, 6.07) is 4.14. The van der Waals surface area contributed by atoms with E-state index in [1.165, 1.54) is 5.56 Å². The average molecular weight is 406 g/mol. The van der Waals surface area contributed by atoms with Gasteiger partial charge in [-0.1, -0.05) is 19.6 Å². The highest BCUT2D eigenvalue weighted by Gasteiger charge is 2.32. The Balaban J connectivity index is 0.00000264. The Morgan fingerprint density at radius 2 is 2.22 bits per heavy atom. The van der Waals surface area contributed by atoms with Crippen molar-refractivity contribution in [1.82, 2.24) is 4.90 Å². The molecule has 1 aromatic carbocycles. The van der Waals surface area contributed by atoms with Gasteiger partial charge in [0.15, 0.2) is 11.5 Å². The fourth-order valence-corrected chi connectivity index (χ4v) is 3.44. The normalized spacial score (nSPS) is 20.9. The number of benzene rings is 1.